The van der Waals surface area contributed by atoms with E-state index in [4.69, 9.17) is 21.8 Å². The van der Waals surface area contributed by atoms with Crippen molar-refractivity contribution in [3.8, 4) is 6.07 Å². The van der Waals surface area contributed by atoms with E-state index in [9.17, 15) is 9.59 Å². The van der Waals surface area contributed by atoms with Crippen molar-refractivity contribution in [1.29, 1.82) is 5.26 Å². The van der Waals surface area contributed by atoms with Crippen LogP contribution in [0.4, 0.5) is 5.69 Å². The number of aliphatic imine (C=N–C) groups is 1. The molecule has 1 aliphatic rings. The maximum Gasteiger partial charge on any atom is 0.255 e. The van der Waals surface area contributed by atoms with Crippen molar-refractivity contribution in [1.82, 2.24) is 25.2 Å². The third-order valence-corrected chi connectivity index (χ3v) is 6.60. The van der Waals surface area contributed by atoms with Gasteiger partial charge in [0.1, 0.15) is 17.3 Å². The molecule has 3 heterocycles. The van der Waals surface area contributed by atoms with Gasteiger partial charge in [0.15, 0.2) is 5.65 Å². The summed E-state index contributed by atoms with van der Waals surface area (Å²) in [4.78, 5) is 44.8. The molecule has 11 heteroatoms. The number of aromatic nitrogens is 3. The Hall–Kier alpha value is -3.97. The summed E-state index contributed by atoms with van der Waals surface area (Å²) >= 11 is 6.15. The topological polar surface area (TPSA) is 139 Å². The quantitative estimate of drug-likeness (QED) is 0.426. The van der Waals surface area contributed by atoms with E-state index in [0.717, 1.165) is 11.3 Å². The third-order valence-electron chi connectivity index (χ3n) is 6.36. The van der Waals surface area contributed by atoms with E-state index in [1.54, 1.807) is 37.3 Å². The van der Waals surface area contributed by atoms with Crippen LogP contribution >= 0.6 is 11.6 Å². The van der Waals surface area contributed by atoms with Crippen LogP contribution in [0.15, 0.2) is 35.6 Å². The minimum Gasteiger partial charge on any atom is -0.388 e. The fraction of sp³-hybridized carbons (Fsp3) is 0.385. The summed E-state index contributed by atoms with van der Waals surface area (Å²) in [6.07, 6.45) is 3.13. The van der Waals surface area contributed by atoms with Crippen LogP contribution < -0.4 is 10.6 Å². The van der Waals surface area contributed by atoms with Crippen molar-refractivity contribution in [2.45, 2.75) is 26.8 Å². The van der Waals surface area contributed by atoms with Gasteiger partial charge < -0.3 is 20.5 Å². The van der Waals surface area contributed by atoms with Crippen molar-refractivity contribution in [2.24, 2.45) is 16.3 Å². The first-order chi connectivity index (χ1) is 17.6. The number of rotatable bonds is 6. The molecule has 10 nitrogen and oxygen atoms in total. The van der Waals surface area contributed by atoms with Gasteiger partial charge in [-0.1, -0.05) is 32.4 Å². The summed E-state index contributed by atoms with van der Waals surface area (Å²) in [6.45, 7) is 6.41. The molecule has 0 unspecified atom stereocenters. The molecule has 0 aliphatic carbocycles. The lowest BCUT2D eigenvalue weighted by molar-refractivity contribution is -0.141. The van der Waals surface area contributed by atoms with E-state index in [1.807, 2.05) is 26.8 Å². The highest BCUT2D eigenvalue weighted by Crippen LogP contribution is 2.27. The standard InChI is InChI=1S/C26H29ClN8O2/c1-26(2,3)22(25(37)35-12-14(9-28)13-35)34-24(36)17-10-31-23-21(17)33-19(11-32-23)20(30-5)16-7-6-15(27)8-18(16)29-4/h6-8,10-11,14,22,29H,12-13H2,1-5H3,(H,31,32)(H,34,36)/b30-20+/t22-/m0/s1. The number of halogens is 1. The highest BCUT2D eigenvalue weighted by Gasteiger charge is 2.40. The number of hydrogen-bond donors (Lipinski definition) is 3. The molecule has 0 saturated carbocycles. The Labute approximate surface area is 220 Å². The average Bonchev–Trinajstić information content (AvgIpc) is 3.25. The number of H-pyrrole nitrogens is 1. The SMILES string of the molecule is C/N=C(/c1cnc2[nH]cc(C(=O)N[C@@H](C(=O)N3CC(C#N)C3)C(C)(C)C)c2n1)c1ccc(Cl)cc1NC. The number of aromatic amines is 1. The molecule has 0 spiro atoms. The first-order valence-corrected chi connectivity index (χ1v) is 12.2. The molecule has 0 radical (unpaired) electrons. The monoisotopic (exact) mass is 520 g/mol. The van der Waals surface area contributed by atoms with E-state index in [1.165, 1.54) is 6.20 Å². The van der Waals surface area contributed by atoms with Gasteiger partial charge in [0, 0.05) is 49.7 Å². The summed E-state index contributed by atoms with van der Waals surface area (Å²) < 4.78 is 0. The summed E-state index contributed by atoms with van der Waals surface area (Å²) in [5, 5.41) is 15.7. The molecule has 2 amide bonds. The smallest absolute Gasteiger partial charge is 0.255 e. The molecular formula is C26H29ClN8O2. The Bertz CT molecular complexity index is 1430. The van der Waals surface area contributed by atoms with E-state index in [0.29, 0.717) is 40.7 Å². The molecule has 0 bridgehead atoms. The fourth-order valence-electron chi connectivity index (χ4n) is 4.26. The predicted molar refractivity (Wildman–Crippen MR) is 143 cm³/mol. The maximum atomic E-state index is 13.4. The summed E-state index contributed by atoms with van der Waals surface area (Å²) in [5.41, 5.74) is 3.15. The number of nitrogens with one attached hydrogen (secondary N) is 3. The Morgan fingerprint density at radius 1 is 1.30 bits per heavy atom. The molecule has 3 aromatic rings. The van der Waals surface area contributed by atoms with Gasteiger partial charge >= 0.3 is 0 Å². The second-order valence-electron chi connectivity index (χ2n) is 10.0. The van der Waals surface area contributed by atoms with Gasteiger partial charge in [-0.15, -0.1) is 0 Å². The van der Waals surface area contributed by atoms with Crippen molar-refractivity contribution in [3.63, 3.8) is 0 Å². The van der Waals surface area contributed by atoms with Gasteiger partial charge in [-0.25, -0.2) is 9.97 Å². The molecule has 3 N–H and O–H groups in total. The van der Waals surface area contributed by atoms with Gasteiger partial charge in [-0.05, 0) is 23.6 Å². The number of amides is 2. The zero-order valence-electron chi connectivity index (χ0n) is 21.4. The highest BCUT2D eigenvalue weighted by molar-refractivity contribution is 6.31. The Morgan fingerprint density at radius 3 is 2.65 bits per heavy atom. The van der Waals surface area contributed by atoms with Gasteiger partial charge in [0.05, 0.1) is 29.5 Å². The predicted octanol–water partition coefficient (Wildman–Crippen LogP) is 3.25. The van der Waals surface area contributed by atoms with Crippen molar-refractivity contribution < 1.29 is 9.59 Å². The number of anilines is 1. The Morgan fingerprint density at radius 2 is 2.03 bits per heavy atom. The number of benzene rings is 1. The number of nitrogens with zero attached hydrogens (tertiary/aromatic N) is 5. The first-order valence-electron chi connectivity index (χ1n) is 11.9. The molecule has 1 fully saturated rings. The minimum absolute atomic E-state index is 0.166. The van der Waals surface area contributed by atoms with Crippen LogP contribution in [0.5, 0.6) is 0 Å². The van der Waals surface area contributed by atoms with E-state index < -0.39 is 17.4 Å². The van der Waals surface area contributed by atoms with Gasteiger partial charge in [-0.3, -0.25) is 14.6 Å². The van der Waals surface area contributed by atoms with Crippen molar-refractivity contribution in [3.05, 3.63) is 52.4 Å². The fourth-order valence-corrected chi connectivity index (χ4v) is 4.43. The number of likely N-dealkylation sites (tertiary alicyclic amines) is 1. The lowest BCUT2D eigenvalue weighted by Crippen LogP contribution is -2.60. The van der Waals surface area contributed by atoms with Crippen LogP contribution in [0.1, 0.15) is 42.4 Å². The molecule has 4 rings (SSSR count). The van der Waals surface area contributed by atoms with Gasteiger partial charge in [0.25, 0.3) is 5.91 Å². The van der Waals surface area contributed by atoms with Crippen LogP contribution in [0.2, 0.25) is 5.02 Å². The van der Waals surface area contributed by atoms with Crippen LogP contribution in [0.3, 0.4) is 0 Å². The number of fused-ring (bicyclic) bond motifs is 1. The molecule has 2 aromatic heterocycles. The summed E-state index contributed by atoms with van der Waals surface area (Å²) in [6, 6.07) is 6.80. The molecule has 1 atom stereocenters. The molecule has 1 aliphatic heterocycles. The molecule has 1 saturated heterocycles. The zero-order chi connectivity index (χ0) is 26.9. The normalized spacial score (nSPS) is 15.2. The van der Waals surface area contributed by atoms with E-state index in [2.05, 4.69) is 31.7 Å². The Balaban J connectivity index is 1.65. The van der Waals surface area contributed by atoms with E-state index in [-0.39, 0.29) is 17.4 Å². The van der Waals surface area contributed by atoms with Gasteiger partial charge in [-0.2, -0.15) is 5.26 Å². The lowest BCUT2D eigenvalue weighted by atomic mass is 9.84. The maximum absolute atomic E-state index is 13.4. The largest absolute Gasteiger partial charge is 0.388 e. The zero-order valence-corrected chi connectivity index (χ0v) is 22.1. The van der Waals surface area contributed by atoms with Crippen LogP contribution in [0.25, 0.3) is 11.2 Å². The molecular weight excluding hydrogens is 492 g/mol. The molecule has 192 valence electrons. The van der Waals surface area contributed by atoms with E-state index >= 15 is 0 Å². The second kappa shape index (κ2) is 10.2. The average molecular weight is 521 g/mol. The second-order valence-corrected chi connectivity index (χ2v) is 10.4. The minimum atomic E-state index is -0.777. The first kappa shape index (κ1) is 26.1. The number of hydrogen-bond acceptors (Lipinski definition) is 7. The van der Waals surface area contributed by atoms with Crippen molar-refractivity contribution >= 4 is 46.0 Å². The van der Waals surface area contributed by atoms with Crippen LogP contribution in [-0.2, 0) is 4.79 Å². The molecule has 1 aromatic carbocycles. The van der Waals surface area contributed by atoms with Crippen LogP contribution in [0, 0.1) is 22.7 Å². The summed E-state index contributed by atoms with van der Waals surface area (Å²) in [5.74, 6) is -0.816. The highest BCUT2D eigenvalue weighted by atomic mass is 35.5. The number of carbonyl (C=O) groups excluding carboxylic acids is 2. The number of nitriles is 1. The Kier molecular flexibility index (Phi) is 7.18. The third kappa shape index (κ3) is 5.13. The van der Waals surface area contributed by atoms with Crippen LogP contribution in [-0.4, -0.2) is 70.6 Å². The summed E-state index contributed by atoms with van der Waals surface area (Å²) in [7, 11) is 3.45. The lowest BCUT2D eigenvalue weighted by Gasteiger charge is -2.41. The van der Waals surface area contributed by atoms with Gasteiger partial charge in [0.2, 0.25) is 5.91 Å². The van der Waals surface area contributed by atoms with Crippen molar-refractivity contribution in [2.75, 3.05) is 32.5 Å². The number of carbonyl (C=O) groups is 2. The molecule has 37 heavy (non-hydrogen) atoms.